The summed E-state index contributed by atoms with van der Waals surface area (Å²) in [7, 11) is -1.83. The van der Waals surface area contributed by atoms with Crippen molar-refractivity contribution in [1.82, 2.24) is 14.5 Å². The number of hydrogen-bond acceptors (Lipinski definition) is 5. The maximum atomic E-state index is 12.7. The van der Waals surface area contributed by atoms with E-state index in [2.05, 4.69) is 15.1 Å². The lowest BCUT2D eigenvalue weighted by atomic mass is 10.1. The topological polar surface area (TPSA) is 102 Å². The number of nitrogens with one attached hydrogen (secondary N) is 2. The van der Waals surface area contributed by atoms with Gasteiger partial charge in [0.25, 0.3) is 5.91 Å². The molecule has 2 N–H and O–H groups in total. The van der Waals surface area contributed by atoms with Gasteiger partial charge in [-0.2, -0.15) is 5.10 Å². The zero-order chi connectivity index (χ0) is 19.1. The van der Waals surface area contributed by atoms with Gasteiger partial charge in [-0.15, -0.1) is 0 Å². The maximum absolute atomic E-state index is 12.7. The van der Waals surface area contributed by atoms with Gasteiger partial charge in [-0.05, 0) is 44.4 Å². The van der Waals surface area contributed by atoms with Crippen molar-refractivity contribution in [3.8, 4) is 5.75 Å². The second-order valence-corrected chi connectivity index (χ2v) is 8.11. The van der Waals surface area contributed by atoms with E-state index in [-0.39, 0.29) is 24.0 Å². The molecule has 140 valence electrons. The molecule has 9 heteroatoms. The van der Waals surface area contributed by atoms with E-state index in [9.17, 15) is 13.2 Å². The van der Waals surface area contributed by atoms with E-state index in [4.69, 9.17) is 4.74 Å². The number of sulfonamides is 1. The molecule has 0 unspecified atom stereocenters. The van der Waals surface area contributed by atoms with Crippen LogP contribution in [0, 0.1) is 20.8 Å². The van der Waals surface area contributed by atoms with E-state index in [1.807, 2.05) is 20.9 Å². The van der Waals surface area contributed by atoms with Crippen molar-refractivity contribution >= 4 is 21.6 Å². The Balaban J connectivity index is 1.77. The largest absolute Gasteiger partial charge is 0.482 e. The number of aromatic nitrogens is 2. The normalized spacial score (nSPS) is 13.9. The molecule has 0 bridgehead atoms. The van der Waals surface area contributed by atoms with Crippen LogP contribution >= 0.6 is 0 Å². The van der Waals surface area contributed by atoms with Gasteiger partial charge < -0.3 is 10.1 Å². The van der Waals surface area contributed by atoms with Gasteiger partial charge in [0.2, 0.25) is 10.0 Å². The Bertz CT molecular complexity index is 979. The lowest BCUT2D eigenvalue weighted by Gasteiger charge is -2.20. The first kappa shape index (κ1) is 18.4. The third kappa shape index (κ3) is 3.45. The summed E-state index contributed by atoms with van der Waals surface area (Å²) in [5, 5.41) is 7.01. The molecule has 26 heavy (non-hydrogen) atoms. The summed E-state index contributed by atoms with van der Waals surface area (Å²) < 4.78 is 35.1. The Morgan fingerprint density at radius 1 is 1.31 bits per heavy atom. The lowest BCUT2D eigenvalue weighted by Crippen LogP contribution is -2.28. The minimum atomic E-state index is -3.70. The second kappa shape index (κ2) is 6.73. The highest BCUT2D eigenvalue weighted by atomic mass is 32.2. The summed E-state index contributed by atoms with van der Waals surface area (Å²) in [5.74, 6) is 0.0994. The van der Waals surface area contributed by atoms with Gasteiger partial charge in [0.1, 0.15) is 5.75 Å². The second-order valence-electron chi connectivity index (χ2n) is 6.37. The number of carbonyl (C=O) groups is 1. The summed E-state index contributed by atoms with van der Waals surface area (Å²) in [6, 6.07) is 3.06. The predicted octanol–water partition coefficient (Wildman–Crippen LogP) is 1.20. The summed E-state index contributed by atoms with van der Waals surface area (Å²) in [5.41, 5.74) is 3.99. The van der Waals surface area contributed by atoms with Gasteiger partial charge in [-0.25, -0.2) is 13.1 Å². The molecule has 0 aliphatic carbocycles. The van der Waals surface area contributed by atoms with Crippen LogP contribution in [-0.4, -0.2) is 37.3 Å². The monoisotopic (exact) mass is 378 g/mol. The molecule has 1 amide bonds. The highest BCUT2D eigenvalue weighted by Gasteiger charge is 2.23. The third-order valence-corrected chi connectivity index (χ3v) is 6.13. The van der Waals surface area contributed by atoms with Gasteiger partial charge >= 0.3 is 0 Å². The number of hydrogen-bond donors (Lipinski definition) is 2. The van der Waals surface area contributed by atoms with Gasteiger partial charge in [0.15, 0.2) is 6.61 Å². The van der Waals surface area contributed by atoms with Crippen LogP contribution in [0.4, 0.5) is 5.69 Å². The first-order chi connectivity index (χ1) is 12.2. The average Bonchev–Trinajstić information content (AvgIpc) is 2.80. The number of aryl methyl sites for hydroxylation is 3. The van der Waals surface area contributed by atoms with Crippen molar-refractivity contribution in [3.05, 3.63) is 34.6 Å². The summed E-state index contributed by atoms with van der Waals surface area (Å²) in [6.45, 7) is 5.70. The summed E-state index contributed by atoms with van der Waals surface area (Å²) in [4.78, 5) is 11.5. The molecule has 2 heterocycles. The van der Waals surface area contributed by atoms with Crippen LogP contribution < -0.4 is 14.8 Å². The Hall–Kier alpha value is -2.39. The summed E-state index contributed by atoms with van der Waals surface area (Å²) >= 11 is 0. The molecule has 1 aliphatic rings. The number of fused-ring (bicyclic) bond motifs is 1. The Labute approximate surface area is 152 Å². The number of benzene rings is 1. The number of rotatable bonds is 5. The Morgan fingerprint density at radius 2 is 2.04 bits per heavy atom. The maximum Gasteiger partial charge on any atom is 0.262 e. The van der Waals surface area contributed by atoms with Crippen molar-refractivity contribution < 1.29 is 17.9 Å². The van der Waals surface area contributed by atoms with Gasteiger partial charge in [0.05, 0.1) is 16.3 Å². The highest BCUT2D eigenvalue weighted by molar-refractivity contribution is 7.89. The molecule has 1 aromatic carbocycles. The fraction of sp³-hybridized carbons (Fsp3) is 0.412. The zero-order valence-electron chi connectivity index (χ0n) is 15.2. The molecule has 8 nitrogen and oxygen atoms in total. The zero-order valence-corrected chi connectivity index (χ0v) is 16.0. The van der Waals surface area contributed by atoms with Crippen LogP contribution in [0.3, 0.4) is 0 Å². The number of anilines is 1. The molecule has 0 atom stereocenters. The minimum absolute atomic E-state index is 0.122. The van der Waals surface area contributed by atoms with Crippen molar-refractivity contribution in [3.63, 3.8) is 0 Å². The van der Waals surface area contributed by atoms with E-state index in [0.29, 0.717) is 23.4 Å². The molecular formula is C17H22N4O4S. The third-order valence-electron chi connectivity index (χ3n) is 4.53. The van der Waals surface area contributed by atoms with Crippen molar-refractivity contribution in [2.75, 3.05) is 18.5 Å². The van der Waals surface area contributed by atoms with Gasteiger partial charge in [-0.3, -0.25) is 9.48 Å². The van der Waals surface area contributed by atoms with Crippen molar-refractivity contribution in [2.24, 2.45) is 7.05 Å². The molecule has 0 radical (unpaired) electrons. The first-order valence-electron chi connectivity index (χ1n) is 8.25. The number of nitrogens with zero attached hydrogens (tertiary/aromatic N) is 2. The van der Waals surface area contributed by atoms with E-state index in [0.717, 1.165) is 17.0 Å². The van der Waals surface area contributed by atoms with Crippen LogP contribution in [0.5, 0.6) is 5.75 Å². The Morgan fingerprint density at radius 3 is 2.69 bits per heavy atom. The van der Waals surface area contributed by atoms with Gasteiger partial charge in [-0.1, -0.05) is 0 Å². The molecule has 0 spiro atoms. The fourth-order valence-electron chi connectivity index (χ4n) is 3.07. The first-order valence-corrected chi connectivity index (χ1v) is 9.73. The number of carbonyl (C=O) groups excluding carboxylic acids is 1. The molecule has 0 fully saturated rings. The molecule has 2 aromatic rings. The lowest BCUT2D eigenvalue weighted by molar-refractivity contribution is -0.118. The van der Waals surface area contributed by atoms with Crippen LogP contribution in [0.15, 0.2) is 17.0 Å². The molecule has 1 aliphatic heterocycles. The molecule has 1 aromatic heterocycles. The van der Waals surface area contributed by atoms with E-state index in [1.54, 1.807) is 17.7 Å². The van der Waals surface area contributed by atoms with E-state index < -0.39 is 10.0 Å². The number of amides is 1. The average molecular weight is 378 g/mol. The van der Waals surface area contributed by atoms with Crippen molar-refractivity contribution in [1.29, 1.82) is 0 Å². The van der Waals surface area contributed by atoms with Crippen LogP contribution in [0.2, 0.25) is 0 Å². The Kier molecular flexibility index (Phi) is 4.76. The van der Waals surface area contributed by atoms with Crippen molar-refractivity contribution in [2.45, 2.75) is 32.1 Å². The minimum Gasteiger partial charge on any atom is -0.482 e. The van der Waals surface area contributed by atoms with Crippen LogP contribution in [0.25, 0.3) is 0 Å². The molecular weight excluding hydrogens is 356 g/mol. The fourth-order valence-corrected chi connectivity index (χ4v) is 4.34. The summed E-state index contributed by atoms with van der Waals surface area (Å²) in [6.07, 6.45) is 0.557. The molecule has 3 rings (SSSR count). The molecule has 0 saturated carbocycles. The smallest absolute Gasteiger partial charge is 0.262 e. The standard InChI is InChI=1S/C17H22N4O4S/c1-10-7-14-15(25-9-17(22)19-14)8-16(10)26(23,24)18-6-5-13-11(2)20-21(4)12(13)3/h7-8,18H,5-6,9H2,1-4H3,(H,19,22). The number of ether oxygens (including phenoxy) is 1. The molecule has 0 saturated heterocycles. The van der Waals surface area contributed by atoms with Crippen LogP contribution in [0.1, 0.15) is 22.5 Å². The van der Waals surface area contributed by atoms with E-state index in [1.165, 1.54) is 6.07 Å². The van der Waals surface area contributed by atoms with Gasteiger partial charge in [0, 0.05) is 25.4 Å². The quantitative estimate of drug-likeness (QED) is 0.814. The SMILES string of the molecule is Cc1cc2c(cc1S(=O)(=O)NCCc1c(C)nn(C)c1C)OCC(=O)N2. The predicted molar refractivity (Wildman–Crippen MR) is 96.9 cm³/mol. The van der Waals surface area contributed by atoms with E-state index >= 15 is 0 Å². The highest BCUT2D eigenvalue weighted by Crippen LogP contribution is 2.32. The van der Waals surface area contributed by atoms with Crippen LogP contribution in [-0.2, 0) is 28.3 Å².